The maximum absolute atomic E-state index is 9.37. The first-order chi connectivity index (χ1) is 8.88. The fourth-order valence-corrected chi connectivity index (χ4v) is 1.48. The molecule has 0 saturated carbocycles. The number of ether oxygens (including phenoxy) is 1. The molecule has 0 aliphatic rings. The summed E-state index contributed by atoms with van der Waals surface area (Å²) in [6.07, 6.45) is 5.35. The van der Waals surface area contributed by atoms with Crippen LogP contribution >= 0.6 is 0 Å². The van der Waals surface area contributed by atoms with Crippen LogP contribution in [0.2, 0.25) is 13.1 Å². The molecular weight excluding hydrogens is 241 g/mol. The Hall–Kier alpha value is -1.14. The van der Waals surface area contributed by atoms with Crippen molar-refractivity contribution in [1.29, 1.82) is 0 Å². The monoisotopic (exact) mass is 267 g/mol. The predicted octanol–water partition coefficient (Wildman–Crippen LogP) is 1.55. The number of hydrogen-bond acceptors (Lipinski definition) is 5. The first-order valence-electron chi connectivity index (χ1n) is 6.82. The molecule has 0 radical (unpaired) electrons. The number of anilines is 1. The van der Waals surface area contributed by atoms with Crippen molar-refractivity contribution in [2.45, 2.75) is 53.0 Å². The van der Waals surface area contributed by atoms with Crippen molar-refractivity contribution in [3.8, 4) is 0 Å². The van der Waals surface area contributed by atoms with Gasteiger partial charge in [-0.1, -0.05) is 27.0 Å². The number of nitrogen functional groups attached to an aromatic ring is 1. The van der Waals surface area contributed by atoms with Gasteiger partial charge in [-0.05, 0) is 25.7 Å². The second-order valence-electron chi connectivity index (χ2n) is 4.71. The van der Waals surface area contributed by atoms with E-state index in [0.29, 0.717) is 19.3 Å². The average molecular weight is 267 g/mol. The van der Waals surface area contributed by atoms with Crippen molar-refractivity contribution in [3.63, 3.8) is 0 Å². The lowest BCUT2D eigenvalue weighted by atomic mass is 9.45. The Morgan fingerprint density at radius 2 is 1.84 bits per heavy atom. The van der Waals surface area contributed by atoms with Crippen LogP contribution in [0.5, 0.6) is 0 Å². The van der Waals surface area contributed by atoms with Gasteiger partial charge in [0, 0.05) is 19.0 Å². The van der Waals surface area contributed by atoms with Crippen molar-refractivity contribution >= 4 is 18.1 Å². The molecule has 5 nitrogen and oxygen atoms in total. The van der Waals surface area contributed by atoms with E-state index in [1.807, 2.05) is 13.8 Å². The number of hydrogen-bond donors (Lipinski definition) is 2. The molecule has 1 aromatic heterocycles. The fourth-order valence-electron chi connectivity index (χ4n) is 1.48. The molecule has 19 heavy (non-hydrogen) atoms. The topological polar surface area (TPSA) is 81.3 Å². The SMILES string of the molecule is CB(CCCOC(C)(C)O)c1cnc(N)nc1.CC. The van der Waals surface area contributed by atoms with Crippen LogP contribution in [0.3, 0.4) is 0 Å². The summed E-state index contributed by atoms with van der Waals surface area (Å²) in [6, 6.07) is 0. The molecule has 0 saturated heterocycles. The van der Waals surface area contributed by atoms with Gasteiger partial charge in [0.2, 0.25) is 5.95 Å². The third-order valence-electron chi connectivity index (χ3n) is 2.50. The molecule has 0 amide bonds. The zero-order chi connectivity index (χ0) is 14.9. The van der Waals surface area contributed by atoms with E-state index in [9.17, 15) is 5.11 Å². The molecule has 6 heteroatoms. The zero-order valence-electron chi connectivity index (χ0n) is 12.7. The summed E-state index contributed by atoms with van der Waals surface area (Å²) in [5.74, 6) is -0.751. The van der Waals surface area contributed by atoms with E-state index in [1.165, 1.54) is 0 Å². The van der Waals surface area contributed by atoms with Crippen molar-refractivity contribution in [1.82, 2.24) is 9.97 Å². The molecule has 0 bridgehead atoms. The van der Waals surface area contributed by atoms with Gasteiger partial charge in [-0.15, -0.1) is 0 Å². The molecule has 1 heterocycles. The molecule has 0 aliphatic carbocycles. The smallest absolute Gasteiger partial charge is 0.219 e. The van der Waals surface area contributed by atoms with Gasteiger partial charge >= 0.3 is 0 Å². The van der Waals surface area contributed by atoms with Crippen molar-refractivity contribution in [3.05, 3.63) is 12.4 Å². The van der Waals surface area contributed by atoms with Gasteiger partial charge in [0.15, 0.2) is 12.5 Å². The van der Waals surface area contributed by atoms with Crippen LogP contribution in [-0.2, 0) is 4.74 Å². The Morgan fingerprint density at radius 3 is 2.32 bits per heavy atom. The highest BCUT2D eigenvalue weighted by molar-refractivity contribution is 6.71. The molecular formula is C13H26BN3O2. The molecule has 0 spiro atoms. The number of nitrogens with two attached hydrogens (primary N) is 1. The van der Waals surface area contributed by atoms with Gasteiger partial charge < -0.3 is 15.6 Å². The Morgan fingerprint density at radius 1 is 1.32 bits per heavy atom. The third-order valence-corrected chi connectivity index (χ3v) is 2.50. The minimum absolute atomic E-state index is 0.298. The van der Waals surface area contributed by atoms with Crippen LogP contribution in [0.15, 0.2) is 12.4 Å². The summed E-state index contributed by atoms with van der Waals surface area (Å²) in [5.41, 5.74) is 6.50. The average Bonchev–Trinajstić information content (AvgIpc) is 2.36. The van der Waals surface area contributed by atoms with E-state index in [-0.39, 0.29) is 0 Å². The lowest BCUT2D eigenvalue weighted by molar-refractivity contribution is -0.175. The number of rotatable bonds is 6. The summed E-state index contributed by atoms with van der Waals surface area (Å²) >= 11 is 0. The quantitative estimate of drug-likeness (QED) is 0.464. The summed E-state index contributed by atoms with van der Waals surface area (Å²) < 4.78 is 5.24. The van der Waals surface area contributed by atoms with Gasteiger partial charge in [-0.25, -0.2) is 9.97 Å². The van der Waals surface area contributed by atoms with E-state index < -0.39 is 5.79 Å². The van der Waals surface area contributed by atoms with Crippen molar-refractivity contribution < 1.29 is 9.84 Å². The molecule has 1 aromatic rings. The second kappa shape index (κ2) is 8.88. The standard InChI is InChI=1S/C11H20BN3O2.C2H6/c1-11(2,16)17-6-4-5-12(3)9-7-14-10(13)15-8-9;1-2/h7-8,16H,4-6H2,1-3H3,(H2,13,14,15);1-2H3. The first-order valence-corrected chi connectivity index (χ1v) is 6.82. The summed E-state index contributed by atoms with van der Waals surface area (Å²) in [5, 5.41) is 9.37. The number of nitrogens with zero attached hydrogens (tertiary/aromatic N) is 2. The van der Waals surface area contributed by atoms with Crippen LogP contribution in [0.1, 0.15) is 34.1 Å². The largest absolute Gasteiger partial charge is 0.368 e. The van der Waals surface area contributed by atoms with Gasteiger partial charge in [-0.3, -0.25) is 0 Å². The number of aromatic nitrogens is 2. The highest BCUT2D eigenvalue weighted by Gasteiger charge is 2.14. The van der Waals surface area contributed by atoms with E-state index in [4.69, 9.17) is 10.5 Å². The van der Waals surface area contributed by atoms with Crippen molar-refractivity contribution in [2.24, 2.45) is 0 Å². The molecule has 0 atom stereocenters. The minimum atomic E-state index is -1.05. The normalized spacial score (nSPS) is 10.6. The molecule has 0 aromatic carbocycles. The second-order valence-corrected chi connectivity index (χ2v) is 4.71. The predicted molar refractivity (Wildman–Crippen MR) is 80.7 cm³/mol. The Labute approximate surface area is 116 Å². The highest BCUT2D eigenvalue weighted by atomic mass is 16.6. The Bertz CT molecular complexity index is 339. The molecule has 108 valence electrons. The van der Waals surface area contributed by atoms with E-state index in [2.05, 4.69) is 16.8 Å². The number of aliphatic hydroxyl groups is 1. The summed E-state index contributed by atoms with van der Waals surface area (Å²) in [4.78, 5) is 7.93. The van der Waals surface area contributed by atoms with Gasteiger partial charge in [0.05, 0.1) is 0 Å². The molecule has 0 aliphatic heterocycles. The third kappa shape index (κ3) is 8.56. The Kier molecular flexibility index (Phi) is 8.35. The maximum Gasteiger partial charge on any atom is 0.219 e. The van der Waals surface area contributed by atoms with Gasteiger partial charge in [-0.2, -0.15) is 0 Å². The van der Waals surface area contributed by atoms with Crippen LogP contribution < -0.4 is 11.2 Å². The highest BCUT2D eigenvalue weighted by Crippen LogP contribution is 2.06. The molecule has 1 rings (SSSR count). The van der Waals surface area contributed by atoms with Gasteiger partial charge in [0.25, 0.3) is 0 Å². The fraction of sp³-hybridized carbons (Fsp3) is 0.692. The molecule has 0 fully saturated rings. The van der Waals surface area contributed by atoms with Gasteiger partial charge in [0.1, 0.15) is 0 Å². The molecule has 0 unspecified atom stereocenters. The van der Waals surface area contributed by atoms with Crippen LogP contribution in [0.25, 0.3) is 0 Å². The van der Waals surface area contributed by atoms with Crippen LogP contribution in [0, 0.1) is 0 Å². The van der Waals surface area contributed by atoms with Crippen LogP contribution in [-0.4, -0.2) is 34.2 Å². The minimum Gasteiger partial charge on any atom is -0.368 e. The first kappa shape index (κ1) is 17.9. The van der Waals surface area contributed by atoms with Crippen molar-refractivity contribution in [2.75, 3.05) is 12.3 Å². The maximum atomic E-state index is 9.37. The Balaban J connectivity index is 0.00000154. The van der Waals surface area contributed by atoms with E-state index >= 15 is 0 Å². The van der Waals surface area contributed by atoms with E-state index in [1.54, 1.807) is 26.2 Å². The lowest BCUT2D eigenvalue weighted by Crippen LogP contribution is -2.29. The molecule has 3 N–H and O–H groups in total. The van der Waals surface area contributed by atoms with E-state index in [0.717, 1.165) is 18.2 Å². The zero-order valence-corrected chi connectivity index (χ0v) is 12.7. The lowest BCUT2D eigenvalue weighted by Gasteiger charge is -2.18. The van der Waals surface area contributed by atoms with Crippen LogP contribution in [0.4, 0.5) is 5.95 Å². The summed E-state index contributed by atoms with van der Waals surface area (Å²) in [7, 11) is 0. The summed E-state index contributed by atoms with van der Waals surface area (Å²) in [6.45, 7) is 10.3.